The van der Waals surface area contributed by atoms with Crippen molar-refractivity contribution in [2.75, 3.05) is 22.7 Å². The third-order valence-corrected chi connectivity index (χ3v) is 7.23. The van der Waals surface area contributed by atoms with Crippen LogP contribution < -0.4 is 9.62 Å². The fourth-order valence-corrected chi connectivity index (χ4v) is 5.07. The number of rotatable bonds is 6. The second kappa shape index (κ2) is 9.96. The van der Waals surface area contributed by atoms with E-state index in [-0.39, 0.29) is 17.9 Å². The minimum Gasteiger partial charge on any atom is -0.481 e. The lowest BCUT2D eigenvalue weighted by Gasteiger charge is -2.31. The van der Waals surface area contributed by atoms with Gasteiger partial charge in [0.2, 0.25) is 0 Å². The number of sulfonamides is 1. The van der Waals surface area contributed by atoms with Crippen LogP contribution in [0.2, 0.25) is 0 Å². The molecule has 196 valence electrons. The first-order chi connectivity index (χ1) is 17.3. The average Bonchev–Trinajstić information content (AvgIpc) is 2.84. The van der Waals surface area contributed by atoms with E-state index in [0.717, 1.165) is 18.2 Å². The highest BCUT2D eigenvalue weighted by Gasteiger charge is 2.35. The van der Waals surface area contributed by atoms with Crippen molar-refractivity contribution in [1.29, 1.82) is 0 Å². The molecular weight excluding hydrogens is 516 g/mol. The van der Waals surface area contributed by atoms with Gasteiger partial charge in [-0.2, -0.15) is 21.6 Å². The normalized spacial score (nSPS) is 16.5. The summed E-state index contributed by atoms with van der Waals surface area (Å²) in [7, 11) is -4.39. The third kappa shape index (κ3) is 5.82. The molecule has 1 fully saturated rings. The Labute approximate surface area is 210 Å². The molecule has 4 rings (SSSR count). The van der Waals surface area contributed by atoms with Crippen LogP contribution >= 0.6 is 0 Å². The maximum Gasteiger partial charge on any atom is 0.418 e. The number of alkyl halides is 3. The minimum absolute atomic E-state index is 0.133. The zero-order valence-corrected chi connectivity index (χ0v) is 20.3. The Morgan fingerprint density at radius 2 is 1.89 bits per heavy atom. The van der Waals surface area contributed by atoms with Crippen LogP contribution in [0.3, 0.4) is 0 Å². The molecule has 0 unspecified atom stereocenters. The molecule has 0 aliphatic carbocycles. The topological polar surface area (TPSA) is 112 Å². The summed E-state index contributed by atoms with van der Waals surface area (Å²) in [6.45, 7) is 2.14. The summed E-state index contributed by atoms with van der Waals surface area (Å²) >= 11 is 0. The fourth-order valence-electron chi connectivity index (χ4n) is 4.11. The molecule has 1 atom stereocenters. The number of carbonyl (C=O) groups is 1. The first-order valence-electron chi connectivity index (χ1n) is 11.2. The summed E-state index contributed by atoms with van der Waals surface area (Å²) in [5.41, 5.74) is -1.59. The molecule has 13 heteroatoms. The van der Waals surface area contributed by atoms with Crippen LogP contribution in [-0.4, -0.2) is 42.6 Å². The van der Waals surface area contributed by atoms with Gasteiger partial charge in [-0.3, -0.25) is 9.52 Å². The number of pyridine rings is 2. The molecule has 0 bridgehead atoms. The summed E-state index contributed by atoms with van der Waals surface area (Å²) in [5.74, 6) is -2.50. The van der Waals surface area contributed by atoms with Gasteiger partial charge in [0, 0.05) is 18.7 Å². The molecule has 0 amide bonds. The van der Waals surface area contributed by atoms with Crippen molar-refractivity contribution in [2.45, 2.75) is 31.0 Å². The van der Waals surface area contributed by atoms with Gasteiger partial charge in [0.05, 0.1) is 17.2 Å². The standard InChI is InChI=1S/C24H22F4N4O4S/c1-14-7-8-16(25)12-17(14)22-18(24(26,27)28)9-10-19(29-22)31-37(35,36)21-6-2-5-20(30-21)32-11-3-4-15(13-32)23(33)34/h2,5-10,12,15H,3-4,11,13H2,1H3,(H,29,31)(H,33,34)/t15-/m1/s1. The third-order valence-electron chi connectivity index (χ3n) is 5.97. The largest absolute Gasteiger partial charge is 0.481 e. The van der Waals surface area contributed by atoms with Crippen molar-refractivity contribution in [3.63, 3.8) is 0 Å². The molecule has 37 heavy (non-hydrogen) atoms. The fraction of sp³-hybridized carbons (Fsp3) is 0.292. The lowest BCUT2D eigenvalue weighted by atomic mass is 9.98. The molecule has 2 N–H and O–H groups in total. The number of carboxylic acid groups (broad SMARTS) is 1. The van der Waals surface area contributed by atoms with Gasteiger partial charge in [-0.25, -0.2) is 14.4 Å². The Bertz CT molecular complexity index is 1450. The van der Waals surface area contributed by atoms with Gasteiger partial charge in [0.1, 0.15) is 17.5 Å². The first-order valence-corrected chi connectivity index (χ1v) is 12.7. The van der Waals surface area contributed by atoms with E-state index in [9.17, 15) is 35.9 Å². The number of hydrogen-bond donors (Lipinski definition) is 2. The van der Waals surface area contributed by atoms with E-state index < -0.39 is 56.0 Å². The SMILES string of the molecule is Cc1ccc(F)cc1-c1nc(NS(=O)(=O)c2cccc(N3CCC[C@@H](C(=O)O)C3)n2)ccc1C(F)(F)F. The van der Waals surface area contributed by atoms with E-state index in [4.69, 9.17) is 0 Å². The van der Waals surface area contributed by atoms with Crippen molar-refractivity contribution in [3.05, 3.63) is 65.5 Å². The van der Waals surface area contributed by atoms with Crippen LogP contribution in [0, 0.1) is 18.7 Å². The molecule has 1 aromatic carbocycles. The Hall–Kier alpha value is -3.74. The van der Waals surface area contributed by atoms with Crippen LogP contribution in [0.25, 0.3) is 11.3 Å². The van der Waals surface area contributed by atoms with Crippen molar-refractivity contribution in [3.8, 4) is 11.3 Å². The zero-order valence-electron chi connectivity index (χ0n) is 19.5. The van der Waals surface area contributed by atoms with E-state index in [1.54, 1.807) is 11.0 Å². The average molecular weight is 539 g/mol. The molecule has 0 saturated carbocycles. The van der Waals surface area contributed by atoms with Gasteiger partial charge >= 0.3 is 12.1 Å². The number of hydrogen-bond acceptors (Lipinski definition) is 6. The van der Waals surface area contributed by atoms with Crippen LogP contribution in [0.15, 0.2) is 53.6 Å². The summed E-state index contributed by atoms with van der Waals surface area (Å²) in [6.07, 6.45) is -3.74. The second-order valence-electron chi connectivity index (χ2n) is 8.61. The van der Waals surface area contributed by atoms with Crippen LogP contribution in [0.5, 0.6) is 0 Å². The van der Waals surface area contributed by atoms with Gasteiger partial charge in [-0.1, -0.05) is 12.1 Å². The van der Waals surface area contributed by atoms with Crippen molar-refractivity contribution < 1.29 is 35.9 Å². The molecule has 1 aliphatic rings. The van der Waals surface area contributed by atoms with Crippen LogP contribution in [0.1, 0.15) is 24.0 Å². The quantitative estimate of drug-likeness (QED) is 0.437. The van der Waals surface area contributed by atoms with Crippen molar-refractivity contribution in [2.24, 2.45) is 5.92 Å². The number of benzene rings is 1. The first kappa shape index (κ1) is 26.3. The summed E-state index contributed by atoms with van der Waals surface area (Å²) in [6, 6.07) is 9.02. The van der Waals surface area contributed by atoms with Crippen molar-refractivity contribution >= 4 is 27.6 Å². The number of nitrogens with zero attached hydrogens (tertiary/aromatic N) is 3. The number of carboxylic acids is 1. The molecule has 3 aromatic rings. The zero-order chi connectivity index (χ0) is 27.0. The number of aliphatic carboxylic acids is 1. The van der Waals surface area contributed by atoms with Gasteiger partial charge in [-0.05, 0) is 61.7 Å². The van der Waals surface area contributed by atoms with Crippen LogP contribution in [0.4, 0.5) is 29.2 Å². The monoisotopic (exact) mass is 538 g/mol. The molecule has 8 nitrogen and oxygen atoms in total. The second-order valence-corrected chi connectivity index (χ2v) is 10.2. The van der Waals surface area contributed by atoms with E-state index in [2.05, 4.69) is 14.7 Å². The lowest BCUT2D eigenvalue weighted by molar-refractivity contribution is -0.142. The maximum absolute atomic E-state index is 13.8. The summed E-state index contributed by atoms with van der Waals surface area (Å²) in [5, 5.41) is 8.88. The summed E-state index contributed by atoms with van der Waals surface area (Å²) < 4.78 is 83.1. The van der Waals surface area contributed by atoms with Gasteiger partial charge in [0.15, 0.2) is 5.03 Å². The summed E-state index contributed by atoms with van der Waals surface area (Å²) in [4.78, 5) is 21.1. The van der Waals surface area contributed by atoms with E-state index in [1.165, 1.54) is 25.1 Å². The number of anilines is 2. The Morgan fingerprint density at radius 3 is 2.59 bits per heavy atom. The minimum atomic E-state index is -4.82. The number of aromatic nitrogens is 2. The van der Waals surface area contributed by atoms with Gasteiger partial charge in [0.25, 0.3) is 10.0 Å². The Balaban J connectivity index is 1.68. The van der Waals surface area contributed by atoms with E-state index in [1.807, 2.05) is 0 Å². The number of nitrogens with one attached hydrogen (secondary N) is 1. The predicted octanol–water partition coefficient (Wildman–Crippen LogP) is 4.71. The molecule has 3 heterocycles. The highest BCUT2D eigenvalue weighted by Crippen LogP contribution is 2.38. The number of halogens is 4. The number of aryl methyl sites for hydroxylation is 1. The van der Waals surface area contributed by atoms with Crippen LogP contribution in [-0.2, 0) is 21.0 Å². The molecule has 2 aromatic heterocycles. The highest BCUT2D eigenvalue weighted by molar-refractivity contribution is 7.92. The van der Waals surface area contributed by atoms with E-state index in [0.29, 0.717) is 31.0 Å². The molecule has 0 spiro atoms. The molecule has 1 saturated heterocycles. The molecule has 0 radical (unpaired) electrons. The highest BCUT2D eigenvalue weighted by atomic mass is 32.2. The van der Waals surface area contributed by atoms with Gasteiger partial charge in [-0.15, -0.1) is 0 Å². The lowest BCUT2D eigenvalue weighted by Crippen LogP contribution is -2.39. The van der Waals surface area contributed by atoms with E-state index >= 15 is 0 Å². The Kier molecular flexibility index (Phi) is 7.09. The predicted molar refractivity (Wildman–Crippen MR) is 127 cm³/mol. The maximum atomic E-state index is 13.8. The number of piperidine rings is 1. The Morgan fingerprint density at radius 1 is 1.14 bits per heavy atom. The van der Waals surface area contributed by atoms with Crippen molar-refractivity contribution in [1.82, 2.24) is 9.97 Å². The molecular formula is C24H22F4N4O4S. The van der Waals surface area contributed by atoms with Gasteiger partial charge < -0.3 is 10.0 Å². The molecule has 1 aliphatic heterocycles. The smallest absolute Gasteiger partial charge is 0.418 e.